The van der Waals surface area contributed by atoms with Crippen molar-refractivity contribution >= 4 is 16.6 Å². The summed E-state index contributed by atoms with van der Waals surface area (Å²) in [4.78, 5) is 0. The summed E-state index contributed by atoms with van der Waals surface area (Å²) in [6, 6.07) is 8.70. The molecule has 0 amide bonds. The smallest absolute Gasteiger partial charge is 0.147 e. The van der Waals surface area contributed by atoms with Crippen LogP contribution in [0.1, 0.15) is 26.3 Å². The molecular formula is C10H14ClZn. The van der Waals surface area contributed by atoms with E-state index in [2.05, 4.69) is 45.0 Å². The first-order valence-electron chi connectivity index (χ1n) is 3.93. The Hall–Kier alpha value is 0.133. The number of halogens is 1. The molecule has 0 unspecified atom stereocenters. The third kappa shape index (κ3) is 2.88. The minimum atomic E-state index is 0. The Morgan fingerprint density at radius 2 is 1.58 bits per heavy atom. The van der Waals surface area contributed by atoms with Crippen molar-refractivity contribution in [2.45, 2.75) is 26.2 Å². The number of rotatable bonds is 0. The molecular weight excluding hydrogens is 221 g/mol. The molecule has 0 bridgehead atoms. The summed E-state index contributed by atoms with van der Waals surface area (Å²) in [5.74, 6) is 0. The van der Waals surface area contributed by atoms with E-state index >= 15 is 0 Å². The molecule has 1 aromatic rings. The molecule has 12 heavy (non-hydrogen) atoms. The van der Waals surface area contributed by atoms with E-state index in [0.717, 1.165) is 0 Å². The molecule has 0 saturated carbocycles. The summed E-state index contributed by atoms with van der Waals surface area (Å²) in [6.07, 6.45) is 0. The first kappa shape index (κ1) is 12.1. The van der Waals surface area contributed by atoms with Gasteiger partial charge in [-0.25, -0.2) is 0 Å². The van der Waals surface area contributed by atoms with Crippen LogP contribution in [0, 0.1) is 0 Å². The average Bonchev–Trinajstić information content (AvgIpc) is 1.86. The van der Waals surface area contributed by atoms with Gasteiger partial charge in [-0.2, -0.15) is 0 Å². The molecule has 0 atom stereocenters. The number of benzene rings is 1. The number of hydrogen-bond acceptors (Lipinski definition) is 0. The van der Waals surface area contributed by atoms with E-state index in [-0.39, 0.29) is 12.4 Å². The fourth-order valence-corrected chi connectivity index (χ4v) is 2.90. The second kappa shape index (κ2) is 4.39. The van der Waals surface area contributed by atoms with Crippen LogP contribution in [-0.2, 0) is 23.7 Å². The molecule has 0 radical (unpaired) electrons. The number of hydrogen-bond donors (Lipinski definition) is 0. The van der Waals surface area contributed by atoms with E-state index in [1.165, 1.54) is 28.0 Å². The maximum absolute atomic E-state index is 2.27. The molecule has 0 saturated heterocycles. The Morgan fingerprint density at radius 1 is 1.08 bits per heavy atom. The third-order valence-corrected chi connectivity index (χ3v) is 3.12. The molecule has 0 nitrogen and oxygen atoms in total. The van der Waals surface area contributed by atoms with Gasteiger partial charge >= 0.3 is 78.5 Å². The van der Waals surface area contributed by atoms with Crippen molar-refractivity contribution < 1.29 is 18.3 Å². The van der Waals surface area contributed by atoms with Gasteiger partial charge in [0.1, 0.15) is 0 Å². The maximum atomic E-state index is 2.27. The van der Waals surface area contributed by atoms with Gasteiger partial charge in [0, 0.05) is 0 Å². The average molecular weight is 235 g/mol. The monoisotopic (exact) mass is 233 g/mol. The van der Waals surface area contributed by atoms with E-state index in [1.54, 1.807) is 0 Å². The molecule has 0 aliphatic carbocycles. The first-order valence-corrected chi connectivity index (χ1v) is 5.41. The van der Waals surface area contributed by atoms with E-state index in [1.807, 2.05) is 0 Å². The molecule has 0 aliphatic heterocycles. The van der Waals surface area contributed by atoms with Crippen LogP contribution in [0.25, 0.3) is 0 Å². The minimum absolute atomic E-state index is 0. The van der Waals surface area contributed by atoms with Crippen LogP contribution in [0.5, 0.6) is 0 Å². The van der Waals surface area contributed by atoms with Gasteiger partial charge < -0.3 is 0 Å². The standard InChI is InChI=1S/C10H13.ClH.Zn/c1-10(2,3)9-7-5-4-6-8-9;;/h4-7H,1-3H3;1H;. The van der Waals surface area contributed by atoms with Crippen molar-refractivity contribution in [3.63, 3.8) is 0 Å². The molecule has 1 aromatic carbocycles. The fourth-order valence-electron chi connectivity index (χ4n) is 1.25. The molecule has 0 aliphatic rings. The third-order valence-electron chi connectivity index (χ3n) is 1.83. The molecule has 0 heterocycles. The van der Waals surface area contributed by atoms with Gasteiger partial charge in [-0.15, -0.1) is 12.4 Å². The Morgan fingerprint density at radius 3 is 1.92 bits per heavy atom. The van der Waals surface area contributed by atoms with Crippen molar-refractivity contribution in [1.82, 2.24) is 0 Å². The van der Waals surface area contributed by atoms with Crippen LogP contribution in [0.4, 0.5) is 0 Å². The second-order valence-corrected chi connectivity index (χ2v) is 5.51. The summed E-state index contributed by atoms with van der Waals surface area (Å²) >= 11 is 1.26. The van der Waals surface area contributed by atoms with Crippen LogP contribution in [-0.4, -0.2) is 0 Å². The summed E-state index contributed by atoms with van der Waals surface area (Å²) in [5, 5.41) is 0. The maximum Gasteiger partial charge on any atom is -0.147 e. The Bertz CT molecular complexity index is 250. The Labute approximate surface area is 90.8 Å². The molecule has 0 N–H and O–H groups in total. The van der Waals surface area contributed by atoms with Gasteiger partial charge in [0.05, 0.1) is 0 Å². The van der Waals surface area contributed by atoms with E-state index < -0.39 is 0 Å². The predicted octanol–water partition coefficient (Wildman–Crippen LogP) is 2.58. The molecule has 63 valence electrons. The van der Waals surface area contributed by atoms with Crippen molar-refractivity contribution in [2.24, 2.45) is 0 Å². The van der Waals surface area contributed by atoms with Gasteiger partial charge in [-0.3, -0.25) is 0 Å². The second-order valence-electron chi connectivity index (χ2n) is 3.91. The topological polar surface area (TPSA) is 0 Å². The Balaban J connectivity index is 0.00000121. The van der Waals surface area contributed by atoms with Crippen LogP contribution in [0.3, 0.4) is 0 Å². The van der Waals surface area contributed by atoms with Crippen LogP contribution >= 0.6 is 12.4 Å². The predicted molar refractivity (Wildman–Crippen MR) is 52.0 cm³/mol. The summed E-state index contributed by atoms with van der Waals surface area (Å²) in [7, 11) is 0. The zero-order valence-electron chi connectivity index (χ0n) is 7.92. The summed E-state index contributed by atoms with van der Waals surface area (Å²) in [5.41, 5.74) is 1.81. The van der Waals surface area contributed by atoms with Gasteiger partial charge in [0.15, 0.2) is 0 Å². The molecule has 0 aromatic heterocycles. The van der Waals surface area contributed by atoms with Crippen LogP contribution in [0.15, 0.2) is 24.3 Å². The molecule has 2 heteroatoms. The quantitative estimate of drug-likeness (QED) is 0.606. The largest absolute Gasteiger partial charge is 0.147 e. The van der Waals surface area contributed by atoms with Crippen molar-refractivity contribution in [2.75, 3.05) is 0 Å². The SMILES string of the molecule is CC(C)(C)c1cccc[c]1[Zn].Cl. The van der Waals surface area contributed by atoms with E-state index in [0.29, 0.717) is 5.41 Å². The van der Waals surface area contributed by atoms with Crippen LogP contribution < -0.4 is 4.16 Å². The first-order chi connectivity index (χ1) is 5.02. The van der Waals surface area contributed by atoms with Gasteiger partial charge in [-0.1, -0.05) is 0 Å². The summed E-state index contributed by atoms with van der Waals surface area (Å²) < 4.78 is 1.51. The molecule has 0 fully saturated rings. The van der Waals surface area contributed by atoms with Gasteiger partial charge in [0.25, 0.3) is 0 Å². The van der Waals surface area contributed by atoms with Crippen molar-refractivity contribution in [1.29, 1.82) is 0 Å². The normalized spacial score (nSPS) is 10.8. The Kier molecular flexibility index (Phi) is 4.44. The van der Waals surface area contributed by atoms with Crippen LogP contribution in [0.2, 0.25) is 0 Å². The van der Waals surface area contributed by atoms with E-state index in [9.17, 15) is 0 Å². The minimum Gasteiger partial charge on any atom is -0.147 e. The van der Waals surface area contributed by atoms with E-state index in [4.69, 9.17) is 0 Å². The van der Waals surface area contributed by atoms with Crippen molar-refractivity contribution in [3.05, 3.63) is 29.8 Å². The van der Waals surface area contributed by atoms with Gasteiger partial charge in [-0.05, 0) is 0 Å². The van der Waals surface area contributed by atoms with Gasteiger partial charge in [0.2, 0.25) is 0 Å². The molecule has 1 rings (SSSR count). The van der Waals surface area contributed by atoms with Crippen molar-refractivity contribution in [3.8, 4) is 0 Å². The fraction of sp³-hybridized carbons (Fsp3) is 0.400. The molecule has 0 spiro atoms. The summed E-state index contributed by atoms with van der Waals surface area (Å²) in [6.45, 7) is 6.80. The zero-order chi connectivity index (χ0) is 8.48. The zero-order valence-corrected chi connectivity index (χ0v) is 11.7.